The molecular formula is C14H21NO2S. The first-order valence-electron chi connectivity index (χ1n) is 6.45. The smallest absolute Gasteiger partial charge is 0.220 e. The summed E-state index contributed by atoms with van der Waals surface area (Å²) in [6.45, 7) is 6.07. The number of rotatable bonds is 7. The second kappa shape index (κ2) is 7.31. The number of ketones is 1. The molecule has 0 fully saturated rings. The summed E-state index contributed by atoms with van der Waals surface area (Å²) >= 11 is 1.49. The van der Waals surface area contributed by atoms with Crippen LogP contribution in [-0.4, -0.2) is 17.7 Å². The van der Waals surface area contributed by atoms with Gasteiger partial charge in [-0.1, -0.05) is 13.8 Å². The molecule has 0 spiro atoms. The third-order valence-corrected chi connectivity index (χ3v) is 3.99. The molecular weight excluding hydrogens is 246 g/mol. The van der Waals surface area contributed by atoms with Crippen LogP contribution in [0.3, 0.4) is 0 Å². The van der Waals surface area contributed by atoms with Crippen molar-refractivity contribution in [3.05, 3.63) is 21.9 Å². The van der Waals surface area contributed by atoms with Crippen LogP contribution >= 0.6 is 11.3 Å². The Balaban J connectivity index is 2.36. The number of carbonyl (C=O) groups is 2. The molecule has 1 heterocycles. The molecule has 0 saturated carbocycles. The van der Waals surface area contributed by atoms with Crippen molar-refractivity contribution in [3.8, 4) is 0 Å². The fourth-order valence-electron chi connectivity index (χ4n) is 1.73. The SMILES string of the molecule is CCC(CC)NC(=O)CCC(=O)c1ccc(C)s1. The topological polar surface area (TPSA) is 46.2 Å². The quantitative estimate of drug-likeness (QED) is 0.770. The molecule has 4 heteroatoms. The molecule has 1 rings (SSSR count). The Morgan fingerprint density at radius 3 is 2.39 bits per heavy atom. The first-order valence-corrected chi connectivity index (χ1v) is 7.27. The summed E-state index contributed by atoms with van der Waals surface area (Å²) in [7, 11) is 0. The molecule has 100 valence electrons. The highest BCUT2D eigenvalue weighted by Crippen LogP contribution is 2.17. The maximum atomic E-state index is 11.8. The van der Waals surface area contributed by atoms with E-state index in [-0.39, 0.29) is 24.2 Å². The summed E-state index contributed by atoms with van der Waals surface area (Å²) in [5.74, 6) is 0.0399. The van der Waals surface area contributed by atoms with Gasteiger partial charge in [-0.2, -0.15) is 0 Å². The highest BCUT2D eigenvalue weighted by Gasteiger charge is 2.12. The van der Waals surface area contributed by atoms with Crippen LogP contribution in [0.2, 0.25) is 0 Å². The minimum atomic E-state index is -0.0228. The number of hydrogen-bond acceptors (Lipinski definition) is 3. The zero-order valence-corrected chi connectivity index (χ0v) is 12.1. The summed E-state index contributed by atoms with van der Waals surface area (Å²) in [4.78, 5) is 25.3. The van der Waals surface area contributed by atoms with E-state index in [0.29, 0.717) is 6.42 Å². The number of carbonyl (C=O) groups excluding carboxylic acids is 2. The predicted octanol–water partition coefficient (Wildman–Crippen LogP) is 3.32. The zero-order valence-electron chi connectivity index (χ0n) is 11.3. The minimum Gasteiger partial charge on any atom is -0.353 e. The molecule has 0 aliphatic heterocycles. The summed E-state index contributed by atoms with van der Waals surface area (Å²) < 4.78 is 0. The highest BCUT2D eigenvalue weighted by molar-refractivity contribution is 7.14. The maximum absolute atomic E-state index is 11.8. The molecule has 1 amide bonds. The average molecular weight is 267 g/mol. The molecule has 1 aromatic heterocycles. The molecule has 0 saturated heterocycles. The lowest BCUT2D eigenvalue weighted by Crippen LogP contribution is -2.33. The van der Waals surface area contributed by atoms with Crippen LogP contribution in [0.4, 0.5) is 0 Å². The van der Waals surface area contributed by atoms with Gasteiger partial charge in [0.1, 0.15) is 0 Å². The fourth-order valence-corrected chi connectivity index (χ4v) is 2.56. The van der Waals surface area contributed by atoms with Crippen LogP contribution in [0.15, 0.2) is 12.1 Å². The van der Waals surface area contributed by atoms with Crippen LogP contribution in [0.1, 0.15) is 54.1 Å². The molecule has 1 N–H and O–H groups in total. The Labute approximate surface area is 113 Å². The second-order valence-electron chi connectivity index (χ2n) is 4.41. The summed E-state index contributed by atoms with van der Waals surface area (Å²) in [5, 5.41) is 2.94. The fraction of sp³-hybridized carbons (Fsp3) is 0.571. The lowest BCUT2D eigenvalue weighted by molar-refractivity contribution is -0.121. The second-order valence-corrected chi connectivity index (χ2v) is 5.70. The van der Waals surface area contributed by atoms with Crippen LogP contribution < -0.4 is 5.32 Å². The molecule has 0 unspecified atom stereocenters. The monoisotopic (exact) mass is 267 g/mol. The van der Waals surface area contributed by atoms with E-state index in [1.54, 1.807) is 0 Å². The molecule has 0 atom stereocenters. The van der Waals surface area contributed by atoms with Gasteiger partial charge in [0.15, 0.2) is 5.78 Å². The number of nitrogens with one attached hydrogen (secondary N) is 1. The van der Waals surface area contributed by atoms with Gasteiger partial charge in [-0.3, -0.25) is 9.59 Å². The van der Waals surface area contributed by atoms with Crippen LogP contribution in [-0.2, 0) is 4.79 Å². The number of amides is 1. The van der Waals surface area contributed by atoms with Crippen molar-refractivity contribution in [2.24, 2.45) is 0 Å². The standard InChI is InChI=1S/C14H21NO2S/c1-4-11(5-2)15-14(17)9-7-12(16)13-8-6-10(3)18-13/h6,8,11H,4-5,7,9H2,1-3H3,(H,15,17). The van der Waals surface area contributed by atoms with Crippen LogP contribution in [0.5, 0.6) is 0 Å². The van der Waals surface area contributed by atoms with E-state index in [0.717, 1.165) is 22.6 Å². The number of aryl methyl sites for hydroxylation is 1. The van der Waals surface area contributed by atoms with Gasteiger partial charge in [-0.25, -0.2) is 0 Å². The Kier molecular flexibility index (Phi) is 6.05. The van der Waals surface area contributed by atoms with Crippen molar-refractivity contribution in [2.75, 3.05) is 0 Å². The molecule has 1 aromatic rings. The zero-order chi connectivity index (χ0) is 13.5. The van der Waals surface area contributed by atoms with E-state index in [1.165, 1.54) is 11.3 Å². The third kappa shape index (κ3) is 4.61. The van der Waals surface area contributed by atoms with E-state index < -0.39 is 0 Å². The predicted molar refractivity (Wildman–Crippen MR) is 75.1 cm³/mol. The van der Waals surface area contributed by atoms with Crippen molar-refractivity contribution < 1.29 is 9.59 Å². The molecule has 18 heavy (non-hydrogen) atoms. The summed E-state index contributed by atoms with van der Waals surface area (Å²) in [5.41, 5.74) is 0. The molecule has 0 aliphatic carbocycles. The van der Waals surface area contributed by atoms with E-state index in [9.17, 15) is 9.59 Å². The molecule has 0 radical (unpaired) electrons. The maximum Gasteiger partial charge on any atom is 0.220 e. The minimum absolute atomic E-state index is 0.0228. The van der Waals surface area contributed by atoms with Gasteiger partial charge < -0.3 is 5.32 Å². The number of thiophene rings is 1. The van der Waals surface area contributed by atoms with Crippen molar-refractivity contribution >= 4 is 23.0 Å². The molecule has 0 bridgehead atoms. The van der Waals surface area contributed by atoms with E-state index in [1.807, 2.05) is 32.9 Å². The Morgan fingerprint density at radius 1 is 1.22 bits per heavy atom. The van der Waals surface area contributed by atoms with Crippen molar-refractivity contribution in [3.63, 3.8) is 0 Å². The van der Waals surface area contributed by atoms with Gasteiger partial charge in [0.2, 0.25) is 5.91 Å². The molecule has 3 nitrogen and oxygen atoms in total. The number of hydrogen-bond donors (Lipinski definition) is 1. The third-order valence-electron chi connectivity index (χ3n) is 2.95. The van der Waals surface area contributed by atoms with Crippen LogP contribution in [0, 0.1) is 6.92 Å². The molecule has 0 aliphatic rings. The summed E-state index contributed by atoms with van der Waals surface area (Å²) in [6.07, 6.45) is 2.44. The van der Waals surface area contributed by atoms with Crippen molar-refractivity contribution in [1.82, 2.24) is 5.32 Å². The van der Waals surface area contributed by atoms with Crippen LogP contribution in [0.25, 0.3) is 0 Å². The average Bonchev–Trinajstić information content (AvgIpc) is 2.79. The summed E-state index contributed by atoms with van der Waals surface area (Å²) in [6, 6.07) is 4.00. The van der Waals surface area contributed by atoms with Gasteiger partial charge in [0, 0.05) is 23.8 Å². The number of Topliss-reactive ketones (excluding diaryl/α,β-unsaturated/α-hetero) is 1. The highest BCUT2D eigenvalue weighted by atomic mass is 32.1. The largest absolute Gasteiger partial charge is 0.353 e. The van der Waals surface area contributed by atoms with Gasteiger partial charge in [0.25, 0.3) is 0 Å². The Hall–Kier alpha value is -1.16. The van der Waals surface area contributed by atoms with E-state index >= 15 is 0 Å². The Morgan fingerprint density at radius 2 is 1.89 bits per heavy atom. The van der Waals surface area contributed by atoms with E-state index in [4.69, 9.17) is 0 Å². The van der Waals surface area contributed by atoms with Gasteiger partial charge in [0.05, 0.1) is 4.88 Å². The lowest BCUT2D eigenvalue weighted by Gasteiger charge is -2.14. The molecule has 0 aromatic carbocycles. The van der Waals surface area contributed by atoms with Gasteiger partial charge >= 0.3 is 0 Å². The van der Waals surface area contributed by atoms with Gasteiger partial charge in [-0.05, 0) is 31.9 Å². The normalized spacial score (nSPS) is 10.7. The first kappa shape index (κ1) is 14.9. The lowest BCUT2D eigenvalue weighted by atomic mass is 10.1. The van der Waals surface area contributed by atoms with Crippen molar-refractivity contribution in [2.45, 2.75) is 52.5 Å². The van der Waals surface area contributed by atoms with E-state index in [2.05, 4.69) is 5.32 Å². The Bertz CT molecular complexity index is 408. The van der Waals surface area contributed by atoms with Gasteiger partial charge in [-0.15, -0.1) is 11.3 Å². The first-order chi connectivity index (χ1) is 8.56. The van der Waals surface area contributed by atoms with Crippen molar-refractivity contribution in [1.29, 1.82) is 0 Å².